The summed E-state index contributed by atoms with van der Waals surface area (Å²) in [5.74, 6) is 0.529. The van der Waals surface area contributed by atoms with Gasteiger partial charge in [0.15, 0.2) is 0 Å². The minimum Gasteiger partial charge on any atom is -0.0883 e. The molecule has 1 aromatic carbocycles. The zero-order valence-electron chi connectivity index (χ0n) is 7.91. The number of fused-ring (bicyclic) bond motifs is 1. The molecule has 1 aliphatic carbocycles. The van der Waals surface area contributed by atoms with Crippen LogP contribution >= 0.6 is 15.9 Å². The van der Waals surface area contributed by atoms with Crippen molar-refractivity contribution in [3.63, 3.8) is 0 Å². The number of hydrogen-bond donors (Lipinski definition) is 0. The van der Waals surface area contributed by atoms with Crippen molar-refractivity contribution in [2.75, 3.05) is 5.33 Å². The van der Waals surface area contributed by atoms with Crippen LogP contribution in [0.2, 0.25) is 0 Å². The fourth-order valence-corrected chi connectivity index (χ4v) is 2.00. The van der Waals surface area contributed by atoms with E-state index in [9.17, 15) is 0 Å². The number of allylic oxidation sites excluding steroid dienone is 3. The third kappa shape index (κ3) is 1.98. The van der Waals surface area contributed by atoms with Crippen molar-refractivity contribution >= 4 is 15.9 Å². The van der Waals surface area contributed by atoms with E-state index in [2.05, 4.69) is 64.5 Å². The molecular weight excluding hydrogens is 236 g/mol. The van der Waals surface area contributed by atoms with Crippen molar-refractivity contribution < 1.29 is 0 Å². The molecule has 0 aromatic heterocycles. The van der Waals surface area contributed by atoms with Crippen molar-refractivity contribution in [1.29, 1.82) is 0 Å². The van der Waals surface area contributed by atoms with Crippen LogP contribution < -0.4 is 0 Å². The van der Waals surface area contributed by atoms with Crippen LogP contribution in [0.5, 0.6) is 0 Å². The molecule has 0 saturated heterocycles. The summed E-state index contributed by atoms with van der Waals surface area (Å²) in [4.78, 5) is 0. The molecular formula is C13H12Br. The predicted molar refractivity (Wildman–Crippen MR) is 63.6 cm³/mol. The molecule has 1 aromatic rings. The number of halogens is 1. The number of alkyl halides is 1. The van der Waals surface area contributed by atoms with Crippen LogP contribution in [0.25, 0.3) is 0 Å². The Morgan fingerprint density at radius 3 is 3.00 bits per heavy atom. The molecule has 1 radical (unpaired) electrons. The van der Waals surface area contributed by atoms with Crippen LogP contribution in [0.4, 0.5) is 0 Å². The van der Waals surface area contributed by atoms with Gasteiger partial charge in [0.1, 0.15) is 0 Å². The van der Waals surface area contributed by atoms with Gasteiger partial charge in [-0.25, -0.2) is 0 Å². The Morgan fingerprint density at radius 1 is 1.29 bits per heavy atom. The van der Waals surface area contributed by atoms with E-state index in [0.29, 0.717) is 5.92 Å². The van der Waals surface area contributed by atoms with Gasteiger partial charge in [-0.3, -0.25) is 0 Å². The molecule has 71 valence electrons. The van der Waals surface area contributed by atoms with Crippen LogP contribution in [-0.2, 0) is 0 Å². The Balaban J connectivity index is 2.11. The lowest BCUT2D eigenvalue weighted by Gasteiger charge is -2.07. The van der Waals surface area contributed by atoms with Crippen LogP contribution in [0.3, 0.4) is 0 Å². The molecule has 0 N–H and O–H groups in total. The highest BCUT2D eigenvalue weighted by Crippen LogP contribution is 2.30. The summed E-state index contributed by atoms with van der Waals surface area (Å²) in [6, 6.07) is 8.48. The van der Waals surface area contributed by atoms with Gasteiger partial charge in [0.05, 0.1) is 0 Å². The second kappa shape index (κ2) is 4.61. The normalized spacial score (nSPS) is 19.1. The van der Waals surface area contributed by atoms with Crippen LogP contribution in [-0.4, -0.2) is 5.33 Å². The molecule has 0 amide bonds. The molecule has 0 saturated carbocycles. The number of hydrogen-bond acceptors (Lipinski definition) is 0. The molecule has 2 rings (SSSR count). The van der Waals surface area contributed by atoms with Crippen LogP contribution in [0.1, 0.15) is 23.5 Å². The average Bonchev–Trinajstić information content (AvgIpc) is 2.63. The van der Waals surface area contributed by atoms with E-state index in [1.54, 1.807) is 0 Å². The zero-order valence-corrected chi connectivity index (χ0v) is 9.50. The van der Waals surface area contributed by atoms with E-state index in [1.165, 1.54) is 11.1 Å². The van der Waals surface area contributed by atoms with Crippen molar-refractivity contribution in [3.8, 4) is 0 Å². The van der Waals surface area contributed by atoms with E-state index < -0.39 is 0 Å². The second-order valence-corrected chi connectivity index (χ2v) is 4.01. The third-order valence-corrected chi connectivity index (χ3v) is 2.82. The lowest BCUT2D eigenvalue weighted by atomic mass is 9.98. The molecule has 1 heteroatoms. The summed E-state index contributed by atoms with van der Waals surface area (Å²) in [7, 11) is 0. The van der Waals surface area contributed by atoms with Crippen molar-refractivity contribution in [3.05, 3.63) is 59.7 Å². The van der Waals surface area contributed by atoms with Crippen LogP contribution in [0, 0.1) is 6.08 Å². The topological polar surface area (TPSA) is 0 Å². The summed E-state index contributed by atoms with van der Waals surface area (Å²) in [6.45, 7) is 0. The highest BCUT2D eigenvalue weighted by atomic mass is 79.9. The number of benzene rings is 1. The van der Waals surface area contributed by atoms with Gasteiger partial charge < -0.3 is 0 Å². The Kier molecular flexibility index (Phi) is 3.20. The SMILES string of the molecule is BrCC=CCC1C=[C]c2ccccc21. The highest BCUT2D eigenvalue weighted by Gasteiger charge is 2.14. The molecule has 1 aliphatic rings. The average molecular weight is 248 g/mol. The largest absolute Gasteiger partial charge is 0.0883 e. The standard InChI is InChI=1S/C13H12Br/c14-10-4-3-6-12-9-8-11-5-1-2-7-13(11)12/h1-5,7,9,12H,6,10H2. The van der Waals surface area contributed by atoms with E-state index >= 15 is 0 Å². The van der Waals surface area contributed by atoms with Gasteiger partial charge in [-0.15, -0.1) is 0 Å². The van der Waals surface area contributed by atoms with E-state index in [0.717, 1.165) is 11.8 Å². The molecule has 0 nitrogen and oxygen atoms in total. The molecule has 0 heterocycles. The summed E-state index contributed by atoms with van der Waals surface area (Å²) in [5, 5.41) is 0.939. The van der Waals surface area contributed by atoms with E-state index in [-0.39, 0.29) is 0 Å². The minimum absolute atomic E-state index is 0.529. The first-order valence-corrected chi connectivity index (χ1v) is 5.93. The van der Waals surface area contributed by atoms with Gasteiger partial charge in [-0.2, -0.15) is 0 Å². The van der Waals surface area contributed by atoms with E-state index in [4.69, 9.17) is 0 Å². The lowest BCUT2D eigenvalue weighted by Crippen LogP contribution is -1.90. The maximum Gasteiger partial charge on any atom is 0.0212 e. The van der Waals surface area contributed by atoms with Gasteiger partial charge in [0, 0.05) is 11.2 Å². The fourth-order valence-electron chi connectivity index (χ4n) is 1.73. The Labute approximate surface area is 93.5 Å². The van der Waals surface area contributed by atoms with Gasteiger partial charge in [-0.05, 0) is 23.6 Å². The molecule has 0 spiro atoms. The summed E-state index contributed by atoms with van der Waals surface area (Å²) < 4.78 is 0. The van der Waals surface area contributed by atoms with Crippen molar-refractivity contribution in [1.82, 2.24) is 0 Å². The van der Waals surface area contributed by atoms with Crippen LogP contribution in [0.15, 0.2) is 42.5 Å². The van der Waals surface area contributed by atoms with E-state index in [1.807, 2.05) is 0 Å². The summed E-state index contributed by atoms with van der Waals surface area (Å²) in [6.07, 6.45) is 10.9. The summed E-state index contributed by atoms with van der Waals surface area (Å²) in [5.41, 5.74) is 2.66. The van der Waals surface area contributed by atoms with Gasteiger partial charge in [0.2, 0.25) is 0 Å². The van der Waals surface area contributed by atoms with Gasteiger partial charge in [0.25, 0.3) is 0 Å². The zero-order chi connectivity index (χ0) is 9.80. The quantitative estimate of drug-likeness (QED) is 0.563. The first kappa shape index (κ1) is 9.72. The predicted octanol–water partition coefficient (Wildman–Crippen LogP) is 3.83. The van der Waals surface area contributed by atoms with Gasteiger partial charge in [-0.1, -0.05) is 58.4 Å². The maximum atomic E-state index is 3.38. The lowest BCUT2D eigenvalue weighted by molar-refractivity contribution is 0.878. The van der Waals surface area contributed by atoms with Crippen molar-refractivity contribution in [2.45, 2.75) is 12.3 Å². The second-order valence-electron chi connectivity index (χ2n) is 3.37. The first-order chi connectivity index (χ1) is 6.92. The number of rotatable bonds is 3. The molecule has 0 fully saturated rings. The highest BCUT2D eigenvalue weighted by molar-refractivity contribution is 9.09. The molecule has 14 heavy (non-hydrogen) atoms. The molecule has 0 aliphatic heterocycles. The maximum absolute atomic E-state index is 3.38. The molecule has 1 unspecified atom stereocenters. The molecule has 0 bridgehead atoms. The molecule has 1 atom stereocenters. The Bertz CT molecular complexity index is 363. The monoisotopic (exact) mass is 247 g/mol. The fraction of sp³-hybridized carbons (Fsp3) is 0.231. The summed E-state index contributed by atoms with van der Waals surface area (Å²) >= 11 is 3.38. The van der Waals surface area contributed by atoms with Crippen molar-refractivity contribution in [2.24, 2.45) is 0 Å². The minimum atomic E-state index is 0.529. The Morgan fingerprint density at radius 2 is 2.14 bits per heavy atom. The smallest absolute Gasteiger partial charge is 0.0212 e. The first-order valence-electron chi connectivity index (χ1n) is 4.81. The Hall–Kier alpha value is -0.820. The van der Waals surface area contributed by atoms with Gasteiger partial charge >= 0.3 is 0 Å². The third-order valence-electron chi connectivity index (χ3n) is 2.45.